The fourth-order valence-electron chi connectivity index (χ4n) is 4.86. The number of likely N-dealkylation sites (tertiary alicyclic amines) is 1. The summed E-state index contributed by atoms with van der Waals surface area (Å²) < 4.78 is 31.6. The average molecular weight is 490 g/mol. The lowest BCUT2D eigenvalue weighted by molar-refractivity contribution is 0.200. The highest BCUT2D eigenvalue weighted by atomic mass is 32.2. The number of benzene rings is 2. The van der Waals surface area contributed by atoms with E-state index >= 15 is 0 Å². The van der Waals surface area contributed by atoms with Gasteiger partial charge in [0.15, 0.2) is 5.65 Å². The van der Waals surface area contributed by atoms with E-state index in [4.69, 9.17) is 0 Å². The minimum atomic E-state index is -3.67. The van der Waals surface area contributed by atoms with Gasteiger partial charge in [-0.2, -0.15) is 5.10 Å². The van der Waals surface area contributed by atoms with E-state index in [0.717, 1.165) is 66.2 Å². The number of aryl methyl sites for hydroxylation is 3. The molecule has 0 saturated carbocycles. The van der Waals surface area contributed by atoms with Crippen LogP contribution >= 0.6 is 0 Å². The summed E-state index contributed by atoms with van der Waals surface area (Å²) in [7, 11) is -3.67. The van der Waals surface area contributed by atoms with Crippen LogP contribution in [0.15, 0.2) is 65.7 Å². The van der Waals surface area contributed by atoms with Gasteiger partial charge in [0.2, 0.25) is 10.0 Å². The maximum absolute atomic E-state index is 13.4. The molecule has 2 aromatic carbocycles. The van der Waals surface area contributed by atoms with E-state index in [9.17, 15) is 8.42 Å². The Morgan fingerprint density at radius 1 is 1.00 bits per heavy atom. The molecule has 5 rings (SSSR count). The Balaban J connectivity index is 1.33. The zero-order valence-electron chi connectivity index (χ0n) is 20.4. The summed E-state index contributed by atoms with van der Waals surface area (Å²) in [6, 6.07) is 17.8. The topological polar surface area (TPSA) is 79.6 Å². The Morgan fingerprint density at radius 3 is 2.49 bits per heavy atom. The van der Waals surface area contributed by atoms with Crippen LogP contribution in [0.1, 0.15) is 35.4 Å². The molecule has 0 amide bonds. The van der Waals surface area contributed by atoms with Crippen LogP contribution in [0.5, 0.6) is 0 Å². The second-order valence-electron chi connectivity index (χ2n) is 9.47. The van der Waals surface area contributed by atoms with Crippen molar-refractivity contribution in [1.82, 2.24) is 24.2 Å². The maximum atomic E-state index is 13.4. The third-order valence-corrected chi connectivity index (χ3v) is 8.39. The van der Waals surface area contributed by atoms with Crippen LogP contribution in [0.2, 0.25) is 0 Å². The molecular formula is C27H31N5O2S. The van der Waals surface area contributed by atoms with E-state index in [1.54, 1.807) is 16.8 Å². The van der Waals surface area contributed by atoms with Gasteiger partial charge in [0.25, 0.3) is 0 Å². The van der Waals surface area contributed by atoms with Crippen molar-refractivity contribution in [3.63, 3.8) is 0 Å². The molecule has 2 aromatic heterocycles. The number of piperidine rings is 1. The summed E-state index contributed by atoms with van der Waals surface area (Å²) in [6.07, 6.45) is 3.34. The van der Waals surface area contributed by atoms with Gasteiger partial charge in [0.05, 0.1) is 11.1 Å². The molecule has 0 aliphatic carbocycles. The molecule has 0 atom stereocenters. The van der Waals surface area contributed by atoms with Gasteiger partial charge in [-0.05, 0) is 62.4 Å². The van der Waals surface area contributed by atoms with E-state index in [-0.39, 0.29) is 6.04 Å². The summed E-state index contributed by atoms with van der Waals surface area (Å²) in [6.45, 7) is 8.40. The first-order valence-electron chi connectivity index (χ1n) is 12.0. The molecule has 4 aromatic rings. The smallest absolute Gasteiger partial charge is 0.241 e. The SMILES string of the molecule is Cc1cc(C)n2ncc(-c3ccc(C)c(S(=O)(=O)NC4CCN(Cc5ccccc5)CC4)c3)c2n1. The van der Waals surface area contributed by atoms with Gasteiger partial charge in [-0.1, -0.05) is 42.5 Å². The minimum absolute atomic E-state index is 0.0703. The molecule has 1 aliphatic heterocycles. The number of sulfonamides is 1. The normalized spacial score (nSPS) is 15.6. The monoisotopic (exact) mass is 489 g/mol. The quantitative estimate of drug-likeness (QED) is 0.438. The first kappa shape index (κ1) is 23.7. The second kappa shape index (κ2) is 9.53. The van der Waals surface area contributed by atoms with E-state index in [2.05, 4.69) is 44.0 Å². The van der Waals surface area contributed by atoms with Gasteiger partial charge in [0.1, 0.15) is 0 Å². The van der Waals surface area contributed by atoms with Crippen LogP contribution in [0, 0.1) is 20.8 Å². The number of aromatic nitrogens is 3. The molecule has 1 saturated heterocycles. The zero-order valence-corrected chi connectivity index (χ0v) is 21.2. The molecule has 0 spiro atoms. The Bertz CT molecular complexity index is 1460. The highest BCUT2D eigenvalue weighted by Crippen LogP contribution is 2.29. The van der Waals surface area contributed by atoms with E-state index < -0.39 is 10.0 Å². The van der Waals surface area contributed by atoms with Crippen molar-refractivity contribution in [2.24, 2.45) is 0 Å². The van der Waals surface area contributed by atoms with Gasteiger partial charge in [-0.3, -0.25) is 4.90 Å². The van der Waals surface area contributed by atoms with Crippen LogP contribution in [0.25, 0.3) is 16.8 Å². The third-order valence-electron chi connectivity index (χ3n) is 6.73. The van der Waals surface area contributed by atoms with Crippen LogP contribution in [-0.4, -0.2) is 47.0 Å². The van der Waals surface area contributed by atoms with Crippen molar-refractivity contribution in [2.45, 2.75) is 51.1 Å². The lowest BCUT2D eigenvalue weighted by Crippen LogP contribution is -2.44. The summed E-state index contributed by atoms with van der Waals surface area (Å²) in [5, 5.41) is 4.47. The highest BCUT2D eigenvalue weighted by Gasteiger charge is 2.26. The Morgan fingerprint density at radius 2 is 1.74 bits per heavy atom. The molecular weight excluding hydrogens is 458 g/mol. The van der Waals surface area contributed by atoms with Crippen molar-refractivity contribution < 1.29 is 8.42 Å². The van der Waals surface area contributed by atoms with Crippen LogP contribution < -0.4 is 4.72 Å². The van der Waals surface area contributed by atoms with Crippen LogP contribution in [-0.2, 0) is 16.6 Å². The fraction of sp³-hybridized carbons (Fsp3) is 0.333. The first-order valence-corrected chi connectivity index (χ1v) is 13.5. The van der Waals surface area contributed by atoms with Gasteiger partial charge in [-0.25, -0.2) is 22.6 Å². The predicted octanol–water partition coefficient (Wildman–Crippen LogP) is 4.26. The van der Waals surface area contributed by atoms with Crippen LogP contribution in [0.3, 0.4) is 0 Å². The highest BCUT2D eigenvalue weighted by molar-refractivity contribution is 7.89. The first-order chi connectivity index (χ1) is 16.8. The lowest BCUT2D eigenvalue weighted by atomic mass is 10.1. The third kappa shape index (κ3) is 5.00. The van der Waals surface area contributed by atoms with Crippen molar-refractivity contribution in [3.05, 3.63) is 83.3 Å². The van der Waals surface area contributed by atoms with Gasteiger partial charge in [-0.15, -0.1) is 0 Å². The van der Waals surface area contributed by atoms with Crippen molar-refractivity contribution in [3.8, 4) is 11.1 Å². The Kier molecular flexibility index (Phi) is 6.44. The van der Waals surface area contributed by atoms with Crippen molar-refractivity contribution in [1.29, 1.82) is 0 Å². The molecule has 0 bridgehead atoms. The second-order valence-corrected chi connectivity index (χ2v) is 11.2. The molecule has 0 radical (unpaired) electrons. The van der Waals surface area contributed by atoms with Crippen LogP contribution in [0.4, 0.5) is 0 Å². The lowest BCUT2D eigenvalue weighted by Gasteiger charge is -2.32. The van der Waals surface area contributed by atoms with E-state index in [1.807, 2.05) is 45.0 Å². The largest absolute Gasteiger partial charge is 0.299 e. The average Bonchev–Trinajstić information content (AvgIpc) is 3.25. The molecule has 0 unspecified atom stereocenters. The molecule has 1 aliphatic rings. The standard InChI is InChI=1S/C27H31N5O2S/c1-19-9-10-23(25-17-28-32-21(3)15-20(2)29-27(25)32)16-26(19)35(33,34)30-24-11-13-31(14-12-24)18-22-7-5-4-6-8-22/h4-10,15-17,24,30H,11-14,18H2,1-3H3. The Hall–Kier alpha value is -3.07. The number of hydrogen-bond donors (Lipinski definition) is 1. The Labute approximate surface area is 206 Å². The van der Waals surface area contributed by atoms with E-state index in [0.29, 0.717) is 4.90 Å². The summed E-state index contributed by atoms with van der Waals surface area (Å²) in [5.41, 5.74) is 6.24. The molecule has 8 heteroatoms. The van der Waals surface area contributed by atoms with Crippen molar-refractivity contribution >= 4 is 15.7 Å². The molecule has 35 heavy (non-hydrogen) atoms. The van der Waals surface area contributed by atoms with Gasteiger partial charge in [0, 0.05) is 42.6 Å². The summed E-state index contributed by atoms with van der Waals surface area (Å²) in [4.78, 5) is 7.34. The minimum Gasteiger partial charge on any atom is -0.299 e. The van der Waals surface area contributed by atoms with Gasteiger partial charge < -0.3 is 0 Å². The molecule has 182 valence electrons. The number of fused-ring (bicyclic) bond motifs is 1. The molecule has 7 nitrogen and oxygen atoms in total. The number of nitrogens with one attached hydrogen (secondary N) is 1. The summed E-state index contributed by atoms with van der Waals surface area (Å²) >= 11 is 0. The molecule has 3 heterocycles. The molecule has 1 fully saturated rings. The van der Waals surface area contributed by atoms with Gasteiger partial charge >= 0.3 is 0 Å². The predicted molar refractivity (Wildman–Crippen MR) is 138 cm³/mol. The maximum Gasteiger partial charge on any atom is 0.241 e. The molecule has 1 N–H and O–H groups in total. The fourth-order valence-corrected chi connectivity index (χ4v) is 6.44. The summed E-state index contributed by atoms with van der Waals surface area (Å²) in [5.74, 6) is 0. The zero-order chi connectivity index (χ0) is 24.6. The number of rotatable bonds is 6. The van der Waals surface area contributed by atoms with E-state index in [1.165, 1.54) is 5.56 Å². The van der Waals surface area contributed by atoms with Crippen molar-refractivity contribution in [2.75, 3.05) is 13.1 Å². The number of hydrogen-bond acceptors (Lipinski definition) is 5. The number of nitrogens with zero attached hydrogens (tertiary/aromatic N) is 4.